The van der Waals surface area contributed by atoms with Crippen LogP contribution in [-0.4, -0.2) is 36.6 Å². The van der Waals surface area contributed by atoms with Gasteiger partial charge >= 0.3 is 0 Å². The monoisotopic (exact) mass is 312 g/mol. The van der Waals surface area contributed by atoms with Crippen LogP contribution in [0.2, 0.25) is 0 Å². The number of hydrogen-bond acceptors (Lipinski definition) is 4. The molecule has 0 aliphatic carbocycles. The van der Waals surface area contributed by atoms with Crippen LogP contribution in [0, 0.1) is 11.8 Å². The standard InChI is InChI=1S/C18H17NO4/c1-9(20)15-13-12-8-22-18(23-12)17(21)14(13)16-11-5-3-2-4-10(11)6-7-19(15)16/h2-7,12-16,18H,8H2,1H3/p+1/t12-,13+,14+,15-,16-,18-/m0/s1. The van der Waals surface area contributed by atoms with E-state index in [1.54, 1.807) is 6.92 Å². The van der Waals surface area contributed by atoms with Gasteiger partial charge in [0.05, 0.1) is 30.7 Å². The fourth-order valence-corrected chi connectivity index (χ4v) is 5.00. The zero-order valence-corrected chi connectivity index (χ0v) is 12.8. The maximum absolute atomic E-state index is 12.9. The van der Waals surface area contributed by atoms with Crippen molar-refractivity contribution in [3.8, 4) is 0 Å². The molecule has 0 saturated carbocycles. The summed E-state index contributed by atoms with van der Waals surface area (Å²) in [6, 6.07) is 7.88. The second-order valence-corrected chi connectivity index (χ2v) is 6.87. The van der Waals surface area contributed by atoms with E-state index >= 15 is 0 Å². The molecule has 4 aliphatic rings. The van der Waals surface area contributed by atoms with Gasteiger partial charge in [-0.15, -0.1) is 0 Å². The first-order chi connectivity index (χ1) is 11.2. The Morgan fingerprint density at radius 2 is 2.13 bits per heavy atom. The molecule has 1 unspecified atom stereocenters. The summed E-state index contributed by atoms with van der Waals surface area (Å²) < 4.78 is 11.2. The fourth-order valence-electron chi connectivity index (χ4n) is 5.00. The van der Waals surface area contributed by atoms with Crippen LogP contribution in [0.25, 0.3) is 6.08 Å². The van der Waals surface area contributed by atoms with Gasteiger partial charge < -0.3 is 9.47 Å². The summed E-state index contributed by atoms with van der Waals surface area (Å²) in [5.41, 5.74) is 2.29. The molecule has 1 N–H and O–H groups in total. The lowest BCUT2D eigenvalue weighted by atomic mass is 9.76. The Kier molecular flexibility index (Phi) is 2.72. The second-order valence-electron chi connectivity index (χ2n) is 6.87. The summed E-state index contributed by atoms with van der Waals surface area (Å²) in [7, 11) is 0. The lowest BCUT2D eigenvalue weighted by Crippen LogP contribution is -3.11. The number of rotatable bonds is 1. The van der Waals surface area contributed by atoms with Gasteiger partial charge in [0.2, 0.25) is 6.29 Å². The number of carbonyl (C=O) groups excluding carboxylic acids is 2. The molecule has 2 bridgehead atoms. The van der Waals surface area contributed by atoms with E-state index in [1.165, 1.54) is 0 Å². The van der Waals surface area contributed by atoms with Gasteiger partial charge in [0.15, 0.2) is 17.6 Å². The first kappa shape index (κ1) is 13.6. The van der Waals surface area contributed by atoms with Crippen LogP contribution in [-0.2, 0) is 19.1 Å². The molecule has 0 amide bonds. The first-order valence-electron chi connectivity index (χ1n) is 8.12. The van der Waals surface area contributed by atoms with Crippen LogP contribution in [0.1, 0.15) is 24.1 Å². The molecule has 7 atom stereocenters. The zero-order valence-electron chi connectivity index (χ0n) is 12.8. The molecule has 0 aromatic heterocycles. The van der Waals surface area contributed by atoms with Gasteiger partial charge in [-0.05, 0) is 11.6 Å². The Morgan fingerprint density at radius 3 is 2.96 bits per heavy atom. The van der Waals surface area contributed by atoms with Crippen molar-refractivity contribution < 1.29 is 24.0 Å². The van der Waals surface area contributed by atoms with E-state index in [2.05, 4.69) is 24.4 Å². The number of fused-ring (bicyclic) bond motifs is 8. The SMILES string of the molecule is CC(=O)[C@H]1[C@H]2[C@@H](C(=O)[C@H]3OC[C@@H]2O3)[C@@H]2c3ccccc3C=C[NH+]12. The van der Waals surface area contributed by atoms with Gasteiger partial charge in [-0.2, -0.15) is 0 Å². The molecule has 118 valence electrons. The quantitative estimate of drug-likeness (QED) is 0.800. The van der Waals surface area contributed by atoms with Crippen molar-refractivity contribution in [3.63, 3.8) is 0 Å². The summed E-state index contributed by atoms with van der Waals surface area (Å²) in [6.07, 6.45) is 3.22. The van der Waals surface area contributed by atoms with Gasteiger partial charge in [0.1, 0.15) is 6.04 Å². The summed E-state index contributed by atoms with van der Waals surface area (Å²) in [4.78, 5) is 26.4. The highest BCUT2D eigenvalue weighted by atomic mass is 16.7. The number of quaternary nitrogens is 1. The molecular formula is C18H18NO4+. The van der Waals surface area contributed by atoms with Crippen molar-refractivity contribution in [3.05, 3.63) is 41.6 Å². The molecule has 0 radical (unpaired) electrons. The minimum atomic E-state index is -0.744. The molecule has 23 heavy (non-hydrogen) atoms. The molecule has 4 aliphatic heterocycles. The number of Topliss-reactive ketones (excluding diaryl/α,β-unsaturated/α-hetero) is 2. The second kappa shape index (κ2) is 4.60. The molecule has 5 rings (SSSR count). The van der Waals surface area contributed by atoms with Crippen molar-refractivity contribution in [1.29, 1.82) is 0 Å². The van der Waals surface area contributed by atoms with Crippen molar-refractivity contribution in [1.82, 2.24) is 0 Å². The highest BCUT2D eigenvalue weighted by Crippen LogP contribution is 2.46. The first-order valence-corrected chi connectivity index (χ1v) is 8.12. The number of nitrogens with one attached hydrogen (secondary N) is 1. The van der Waals surface area contributed by atoms with Gasteiger partial charge in [0.25, 0.3) is 0 Å². The summed E-state index contributed by atoms with van der Waals surface area (Å²) in [5.74, 6) is -0.200. The molecular weight excluding hydrogens is 294 g/mol. The third kappa shape index (κ3) is 1.67. The van der Waals surface area contributed by atoms with Crippen molar-refractivity contribution in [2.75, 3.05) is 6.61 Å². The molecule has 5 heteroatoms. The molecule has 1 aromatic carbocycles. The highest BCUT2D eigenvalue weighted by Gasteiger charge is 2.66. The van der Waals surface area contributed by atoms with E-state index in [1.807, 2.05) is 12.1 Å². The van der Waals surface area contributed by atoms with Crippen LogP contribution < -0.4 is 4.90 Å². The topological polar surface area (TPSA) is 57.0 Å². The molecule has 3 saturated heterocycles. The predicted molar refractivity (Wildman–Crippen MR) is 80.2 cm³/mol. The highest BCUT2D eigenvalue weighted by molar-refractivity contribution is 5.90. The summed E-state index contributed by atoms with van der Waals surface area (Å²) in [6.45, 7) is 2.03. The smallest absolute Gasteiger partial charge is 0.218 e. The average molecular weight is 312 g/mol. The molecule has 5 nitrogen and oxygen atoms in total. The predicted octanol–water partition coefficient (Wildman–Crippen LogP) is 0.125. The minimum Gasteiger partial charge on any atom is -0.343 e. The summed E-state index contributed by atoms with van der Waals surface area (Å²) >= 11 is 0. The Morgan fingerprint density at radius 1 is 1.30 bits per heavy atom. The Hall–Kier alpha value is -1.82. The number of hydrogen-bond donors (Lipinski definition) is 1. The molecule has 3 fully saturated rings. The third-order valence-electron chi connectivity index (χ3n) is 5.80. The lowest BCUT2D eigenvalue weighted by molar-refractivity contribution is -0.885. The van der Waals surface area contributed by atoms with E-state index in [4.69, 9.17) is 9.47 Å². The average Bonchev–Trinajstić information content (AvgIpc) is 3.13. The van der Waals surface area contributed by atoms with E-state index in [0.717, 1.165) is 16.0 Å². The van der Waals surface area contributed by atoms with E-state index < -0.39 is 6.29 Å². The van der Waals surface area contributed by atoms with Crippen molar-refractivity contribution in [2.45, 2.75) is 31.4 Å². The molecule has 1 aromatic rings. The number of ketones is 2. The third-order valence-corrected chi connectivity index (χ3v) is 5.80. The summed E-state index contributed by atoms with van der Waals surface area (Å²) in [5, 5.41) is 0. The van der Waals surface area contributed by atoms with Gasteiger partial charge in [0, 0.05) is 12.5 Å². The number of ether oxygens (including phenoxy) is 2. The molecule has 0 spiro atoms. The maximum atomic E-state index is 12.9. The number of carbonyl (C=O) groups is 2. The van der Waals surface area contributed by atoms with E-state index in [9.17, 15) is 9.59 Å². The van der Waals surface area contributed by atoms with Crippen LogP contribution >= 0.6 is 0 Å². The normalized spacial score (nSPS) is 43.0. The largest absolute Gasteiger partial charge is 0.343 e. The van der Waals surface area contributed by atoms with E-state index in [-0.39, 0.29) is 41.6 Å². The van der Waals surface area contributed by atoms with Crippen LogP contribution in [0.4, 0.5) is 0 Å². The van der Waals surface area contributed by atoms with Crippen molar-refractivity contribution >= 4 is 17.6 Å². The van der Waals surface area contributed by atoms with Crippen molar-refractivity contribution in [2.24, 2.45) is 11.8 Å². The zero-order chi connectivity index (χ0) is 15.7. The minimum absolute atomic E-state index is 0.0000954. The van der Waals surface area contributed by atoms with Crippen LogP contribution in [0.3, 0.4) is 0 Å². The van der Waals surface area contributed by atoms with Gasteiger partial charge in [-0.1, -0.05) is 24.3 Å². The van der Waals surface area contributed by atoms with Crippen LogP contribution in [0.5, 0.6) is 0 Å². The Bertz CT molecular complexity index is 742. The van der Waals surface area contributed by atoms with E-state index in [0.29, 0.717) is 6.61 Å². The fraction of sp³-hybridized carbons (Fsp3) is 0.444. The van der Waals surface area contributed by atoms with Gasteiger partial charge in [-0.25, -0.2) is 0 Å². The van der Waals surface area contributed by atoms with Crippen LogP contribution in [0.15, 0.2) is 30.5 Å². The Balaban J connectivity index is 1.70. The lowest BCUT2D eigenvalue weighted by Gasteiger charge is -2.30. The maximum Gasteiger partial charge on any atom is 0.218 e. The van der Waals surface area contributed by atoms with Gasteiger partial charge in [-0.3, -0.25) is 14.5 Å². The Labute approximate surface area is 133 Å². The molecule has 4 heterocycles. The number of benzene rings is 1.